The fraction of sp³-hybridized carbons (Fsp3) is 0.615. The van der Waals surface area contributed by atoms with Crippen molar-refractivity contribution in [3.8, 4) is 5.75 Å². The summed E-state index contributed by atoms with van der Waals surface area (Å²) in [6.07, 6.45) is 4.12. The van der Waals surface area contributed by atoms with Gasteiger partial charge in [-0.2, -0.15) is 0 Å². The number of nitrogens with zero attached hydrogens (tertiary/aromatic N) is 1. The van der Waals surface area contributed by atoms with Crippen molar-refractivity contribution in [2.45, 2.75) is 19.8 Å². The molecule has 0 amide bonds. The van der Waals surface area contributed by atoms with E-state index >= 15 is 0 Å². The normalized spacial score (nSPS) is 25.4. The summed E-state index contributed by atoms with van der Waals surface area (Å²) in [6.45, 7) is 4.58. The van der Waals surface area contributed by atoms with E-state index in [-0.39, 0.29) is 0 Å². The zero-order valence-corrected chi connectivity index (χ0v) is 10.1. The van der Waals surface area contributed by atoms with Gasteiger partial charge in [-0.25, -0.2) is 0 Å². The molecule has 0 bridgehead atoms. The molecule has 1 fully saturated rings. The Morgan fingerprint density at radius 1 is 1.56 bits per heavy atom. The minimum Gasteiger partial charge on any atom is -0.495 e. The Kier molecular flexibility index (Phi) is 3.78. The molecule has 2 atom stereocenters. The molecule has 2 heterocycles. The number of rotatable bonds is 3. The van der Waals surface area contributed by atoms with Gasteiger partial charge in [-0.05, 0) is 49.9 Å². The lowest BCUT2D eigenvalue weighted by Crippen LogP contribution is -2.36. The molecule has 1 aliphatic rings. The Labute approximate surface area is 97.2 Å². The minimum absolute atomic E-state index is 0.678. The van der Waals surface area contributed by atoms with Crippen molar-refractivity contribution < 1.29 is 4.74 Å². The van der Waals surface area contributed by atoms with Gasteiger partial charge < -0.3 is 10.1 Å². The number of hydrogen-bond donors (Lipinski definition) is 1. The molecule has 1 aromatic heterocycles. The molecule has 1 saturated heterocycles. The second-order valence-electron chi connectivity index (χ2n) is 4.59. The number of methoxy groups -OCH3 is 1. The average Bonchev–Trinajstić information content (AvgIpc) is 2.33. The summed E-state index contributed by atoms with van der Waals surface area (Å²) >= 11 is 0. The van der Waals surface area contributed by atoms with Gasteiger partial charge in [0.25, 0.3) is 0 Å². The van der Waals surface area contributed by atoms with E-state index < -0.39 is 0 Å². The summed E-state index contributed by atoms with van der Waals surface area (Å²) in [6, 6.07) is 3.91. The average molecular weight is 220 g/mol. The van der Waals surface area contributed by atoms with Crippen molar-refractivity contribution in [1.29, 1.82) is 0 Å². The highest BCUT2D eigenvalue weighted by atomic mass is 16.5. The van der Waals surface area contributed by atoms with E-state index in [0.29, 0.717) is 5.92 Å². The van der Waals surface area contributed by atoms with E-state index in [9.17, 15) is 0 Å². The van der Waals surface area contributed by atoms with Crippen molar-refractivity contribution >= 4 is 0 Å². The van der Waals surface area contributed by atoms with Gasteiger partial charge in [0.1, 0.15) is 5.75 Å². The van der Waals surface area contributed by atoms with Gasteiger partial charge in [0, 0.05) is 6.20 Å². The molecule has 1 aromatic rings. The molecule has 0 aliphatic carbocycles. The topological polar surface area (TPSA) is 34.1 Å². The molecule has 0 saturated carbocycles. The number of hydrogen-bond acceptors (Lipinski definition) is 3. The fourth-order valence-electron chi connectivity index (χ4n) is 2.34. The highest BCUT2D eigenvalue weighted by Crippen LogP contribution is 2.25. The minimum atomic E-state index is 0.678. The standard InChI is InChI=1S/C13H20N2O/c1-10-5-7-14-9-11(10)8-12-13(16-2)4-3-6-15-12/h3-4,6,10-11,14H,5,7-9H2,1-2H3. The zero-order chi connectivity index (χ0) is 11.4. The lowest BCUT2D eigenvalue weighted by molar-refractivity contribution is 0.268. The smallest absolute Gasteiger partial charge is 0.140 e. The second kappa shape index (κ2) is 5.30. The van der Waals surface area contributed by atoms with Crippen LogP contribution in [0.15, 0.2) is 18.3 Å². The van der Waals surface area contributed by atoms with Gasteiger partial charge in [0.05, 0.1) is 12.8 Å². The summed E-state index contributed by atoms with van der Waals surface area (Å²) in [7, 11) is 1.71. The van der Waals surface area contributed by atoms with Gasteiger partial charge in [-0.1, -0.05) is 6.92 Å². The predicted octanol–water partition coefficient (Wildman–Crippen LogP) is 1.88. The lowest BCUT2D eigenvalue weighted by atomic mass is 9.84. The summed E-state index contributed by atoms with van der Waals surface area (Å²) < 4.78 is 5.34. The molecule has 0 aromatic carbocycles. The second-order valence-corrected chi connectivity index (χ2v) is 4.59. The van der Waals surface area contributed by atoms with Crippen LogP contribution in [-0.4, -0.2) is 25.2 Å². The van der Waals surface area contributed by atoms with Gasteiger partial charge in [-0.3, -0.25) is 4.98 Å². The van der Waals surface area contributed by atoms with Crippen molar-refractivity contribution in [2.24, 2.45) is 11.8 Å². The third-order valence-electron chi connectivity index (χ3n) is 3.51. The Morgan fingerprint density at radius 2 is 2.44 bits per heavy atom. The summed E-state index contributed by atoms with van der Waals surface area (Å²) in [5.41, 5.74) is 1.09. The van der Waals surface area contributed by atoms with Crippen molar-refractivity contribution in [3.63, 3.8) is 0 Å². The predicted molar refractivity (Wildman–Crippen MR) is 64.6 cm³/mol. The third kappa shape index (κ3) is 2.53. The molecule has 0 radical (unpaired) electrons. The fourth-order valence-corrected chi connectivity index (χ4v) is 2.34. The molecule has 2 unspecified atom stereocenters. The molecule has 3 heteroatoms. The first-order valence-electron chi connectivity index (χ1n) is 6.00. The van der Waals surface area contributed by atoms with Crippen LogP contribution < -0.4 is 10.1 Å². The molecule has 0 spiro atoms. The Hall–Kier alpha value is -1.09. The van der Waals surface area contributed by atoms with Crippen LogP contribution in [0.1, 0.15) is 19.0 Å². The first-order valence-corrected chi connectivity index (χ1v) is 6.00. The van der Waals surface area contributed by atoms with Gasteiger partial charge >= 0.3 is 0 Å². The Balaban J connectivity index is 2.07. The lowest BCUT2D eigenvalue weighted by Gasteiger charge is -2.29. The highest BCUT2D eigenvalue weighted by Gasteiger charge is 2.22. The summed E-state index contributed by atoms with van der Waals surface area (Å²) in [4.78, 5) is 4.43. The molecular weight excluding hydrogens is 200 g/mol. The Morgan fingerprint density at radius 3 is 3.19 bits per heavy atom. The molecule has 1 aliphatic heterocycles. The van der Waals surface area contributed by atoms with E-state index in [1.807, 2.05) is 18.3 Å². The van der Waals surface area contributed by atoms with E-state index in [0.717, 1.165) is 36.9 Å². The van der Waals surface area contributed by atoms with Crippen molar-refractivity contribution in [3.05, 3.63) is 24.0 Å². The van der Waals surface area contributed by atoms with Crippen LogP contribution in [0.5, 0.6) is 5.75 Å². The molecular formula is C13H20N2O. The highest BCUT2D eigenvalue weighted by molar-refractivity contribution is 5.27. The first-order chi connectivity index (χ1) is 7.81. The van der Waals surface area contributed by atoms with Crippen LogP contribution in [0.2, 0.25) is 0 Å². The molecule has 3 nitrogen and oxygen atoms in total. The van der Waals surface area contributed by atoms with Crippen molar-refractivity contribution in [1.82, 2.24) is 10.3 Å². The van der Waals surface area contributed by atoms with Gasteiger partial charge in [-0.15, -0.1) is 0 Å². The number of aromatic nitrogens is 1. The third-order valence-corrected chi connectivity index (χ3v) is 3.51. The van der Waals surface area contributed by atoms with E-state index in [4.69, 9.17) is 4.74 Å². The van der Waals surface area contributed by atoms with Crippen LogP contribution in [0.3, 0.4) is 0 Å². The van der Waals surface area contributed by atoms with E-state index in [2.05, 4.69) is 17.2 Å². The largest absolute Gasteiger partial charge is 0.495 e. The van der Waals surface area contributed by atoms with Crippen molar-refractivity contribution in [2.75, 3.05) is 20.2 Å². The van der Waals surface area contributed by atoms with Crippen LogP contribution in [0.4, 0.5) is 0 Å². The maximum absolute atomic E-state index is 5.34. The zero-order valence-electron chi connectivity index (χ0n) is 10.1. The first kappa shape index (κ1) is 11.4. The maximum Gasteiger partial charge on any atom is 0.140 e. The van der Waals surface area contributed by atoms with E-state index in [1.165, 1.54) is 6.42 Å². The number of nitrogens with one attached hydrogen (secondary N) is 1. The number of piperidine rings is 1. The van der Waals surface area contributed by atoms with Crippen LogP contribution in [0, 0.1) is 11.8 Å². The number of pyridine rings is 1. The summed E-state index contributed by atoms with van der Waals surface area (Å²) in [5, 5.41) is 3.45. The van der Waals surface area contributed by atoms with Crippen LogP contribution in [-0.2, 0) is 6.42 Å². The molecule has 2 rings (SSSR count). The van der Waals surface area contributed by atoms with Gasteiger partial charge in [0.15, 0.2) is 0 Å². The maximum atomic E-state index is 5.34. The number of ether oxygens (including phenoxy) is 1. The molecule has 16 heavy (non-hydrogen) atoms. The summed E-state index contributed by atoms with van der Waals surface area (Å²) in [5.74, 6) is 2.37. The Bertz CT molecular complexity index is 340. The van der Waals surface area contributed by atoms with Crippen LogP contribution >= 0.6 is 0 Å². The van der Waals surface area contributed by atoms with Crippen LogP contribution in [0.25, 0.3) is 0 Å². The molecule has 88 valence electrons. The molecule has 1 N–H and O–H groups in total. The van der Waals surface area contributed by atoms with Gasteiger partial charge in [0.2, 0.25) is 0 Å². The quantitative estimate of drug-likeness (QED) is 0.844. The SMILES string of the molecule is COc1cccnc1CC1CNCCC1C. The monoisotopic (exact) mass is 220 g/mol. The van der Waals surface area contributed by atoms with E-state index in [1.54, 1.807) is 7.11 Å².